The van der Waals surface area contributed by atoms with E-state index in [4.69, 9.17) is 9.47 Å². The van der Waals surface area contributed by atoms with Gasteiger partial charge in [0.1, 0.15) is 5.75 Å². The Morgan fingerprint density at radius 1 is 1.13 bits per heavy atom. The van der Waals surface area contributed by atoms with Crippen molar-refractivity contribution in [1.82, 2.24) is 5.32 Å². The Morgan fingerprint density at radius 3 is 2.57 bits per heavy atom. The van der Waals surface area contributed by atoms with Crippen molar-refractivity contribution in [1.29, 1.82) is 0 Å². The summed E-state index contributed by atoms with van der Waals surface area (Å²) in [7, 11) is 1.59. The number of hydrogen-bond acceptors (Lipinski definition) is 5. The normalized spacial score (nSPS) is 15.8. The van der Waals surface area contributed by atoms with E-state index in [9.17, 15) is 14.4 Å². The van der Waals surface area contributed by atoms with E-state index < -0.39 is 17.8 Å². The van der Waals surface area contributed by atoms with Crippen LogP contribution in [0.4, 0.5) is 5.69 Å². The van der Waals surface area contributed by atoms with Gasteiger partial charge in [-0.2, -0.15) is 0 Å². The summed E-state index contributed by atoms with van der Waals surface area (Å²) >= 11 is 0. The van der Waals surface area contributed by atoms with Crippen molar-refractivity contribution in [2.45, 2.75) is 26.8 Å². The molecule has 0 aromatic heterocycles. The monoisotopic (exact) mass is 410 g/mol. The maximum Gasteiger partial charge on any atom is 0.311 e. The predicted octanol–water partition coefficient (Wildman–Crippen LogP) is 2.52. The summed E-state index contributed by atoms with van der Waals surface area (Å²) in [5.41, 5.74) is 3.81. The SMILES string of the molecule is COc1ccc(CNC(=O)COC(=O)[C@H]2CC(=O)N(c3cccc(C)c3C)C2)cc1. The molecule has 0 aliphatic carbocycles. The Labute approximate surface area is 176 Å². The molecule has 0 spiro atoms. The highest BCUT2D eigenvalue weighted by Gasteiger charge is 2.37. The lowest BCUT2D eigenvalue weighted by Crippen LogP contribution is -2.31. The molecule has 1 aliphatic heterocycles. The molecule has 3 rings (SSSR count). The van der Waals surface area contributed by atoms with Gasteiger partial charge in [0.05, 0.1) is 13.0 Å². The van der Waals surface area contributed by atoms with E-state index in [1.807, 2.05) is 44.2 Å². The van der Waals surface area contributed by atoms with E-state index in [0.717, 1.165) is 28.1 Å². The molecular formula is C23H26N2O5. The third kappa shape index (κ3) is 4.97. The number of amides is 2. The molecule has 1 saturated heterocycles. The molecule has 0 unspecified atom stereocenters. The molecule has 2 amide bonds. The lowest BCUT2D eigenvalue weighted by molar-refractivity contribution is -0.152. The summed E-state index contributed by atoms with van der Waals surface area (Å²) in [6.07, 6.45) is 0.0830. The highest BCUT2D eigenvalue weighted by Crippen LogP contribution is 2.29. The number of esters is 1. The number of carbonyl (C=O) groups excluding carboxylic acids is 3. The zero-order valence-electron chi connectivity index (χ0n) is 17.4. The van der Waals surface area contributed by atoms with Crippen LogP contribution in [0, 0.1) is 19.8 Å². The zero-order valence-corrected chi connectivity index (χ0v) is 17.4. The van der Waals surface area contributed by atoms with E-state index in [2.05, 4.69) is 5.32 Å². The van der Waals surface area contributed by atoms with Gasteiger partial charge in [-0.25, -0.2) is 0 Å². The maximum atomic E-state index is 12.4. The number of aryl methyl sites for hydroxylation is 1. The summed E-state index contributed by atoms with van der Waals surface area (Å²) < 4.78 is 10.2. The van der Waals surface area contributed by atoms with Crippen molar-refractivity contribution in [3.8, 4) is 5.75 Å². The fourth-order valence-corrected chi connectivity index (χ4v) is 3.38. The molecule has 2 aromatic carbocycles. The minimum atomic E-state index is -0.577. The Hall–Kier alpha value is -3.35. The molecule has 1 aliphatic rings. The average Bonchev–Trinajstić information content (AvgIpc) is 3.14. The van der Waals surface area contributed by atoms with E-state index >= 15 is 0 Å². The number of rotatable bonds is 7. The van der Waals surface area contributed by atoms with Gasteiger partial charge in [0.15, 0.2) is 6.61 Å². The van der Waals surface area contributed by atoms with Gasteiger partial charge in [0, 0.05) is 25.2 Å². The zero-order chi connectivity index (χ0) is 21.7. The van der Waals surface area contributed by atoms with Crippen molar-refractivity contribution in [2.75, 3.05) is 25.2 Å². The van der Waals surface area contributed by atoms with Crippen LogP contribution in [-0.4, -0.2) is 38.0 Å². The van der Waals surface area contributed by atoms with Gasteiger partial charge >= 0.3 is 5.97 Å². The summed E-state index contributed by atoms with van der Waals surface area (Å²) in [5.74, 6) is -0.882. The van der Waals surface area contributed by atoms with Crippen LogP contribution in [0.15, 0.2) is 42.5 Å². The van der Waals surface area contributed by atoms with Crippen molar-refractivity contribution in [2.24, 2.45) is 5.92 Å². The first kappa shape index (κ1) is 21.4. The Kier molecular flexibility index (Phi) is 6.72. The standard InChI is InChI=1S/C23H26N2O5/c1-15-5-4-6-20(16(15)2)25-13-18(11-22(25)27)23(28)30-14-21(26)24-12-17-7-9-19(29-3)10-8-17/h4-10,18H,11-14H2,1-3H3,(H,24,26)/t18-/m0/s1. The van der Waals surface area contributed by atoms with Crippen LogP contribution >= 0.6 is 0 Å². The molecule has 7 nitrogen and oxygen atoms in total. The van der Waals surface area contributed by atoms with Crippen LogP contribution in [0.25, 0.3) is 0 Å². The number of anilines is 1. The van der Waals surface area contributed by atoms with E-state index in [1.54, 1.807) is 24.1 Å². The summed E-state index contributed by atoms with van der Waals surface area (Å²) in [5, 5.41) is 2.71. The third-order valence-electron chi connectivity index (χ3n) is 5.32. The van der Waals surface area contributed by atoms with Gasteiger partial charge in [-0.3, -0.25) is 14.4 Å². The van der Waals surface area contributed by atoms with Crippen molar-refractivity contribution >= 4 is 23.5 Å². The molecule has 158 valence electrons. The van der Waals surface area contributed by atoms with Gasteiger partial charge in [0.25, 0.3) is 5.91 Å². The summed E-state index contributed by atoms with van der Waals surface area (Å²) in [4.78, 5) is 38.4. The molecule has 1 atom stereocenters. The maximum absolute atomic E-state index is 12.4. The molecule has 1 heterocycles. The van der Waals surface area contributed by atoms with Gasteiger partial charge < -0.3 is 19.7 Å². The van der Waals surface area contributed by atoms with E-state index in [0.29, 0.717) is 6.54 Å². The number of ether oxygens (including phenoxy) is 2. The van der Waals surface area contributed by atoms with Crippen molar-refractivity contribution in [3.05, 3.63) is 59.2 Å². The minimum absolute atomic E-state index is 0.0830. The minimum Gasteiger partial charge on any atom is -0.497 e. The number of nitrogens with one attached hydrogen (secondary N) is 1. The first-order chi connectivity index (χ1) is 14.4. The van der Waals surface area contributed by atoms with Crippen molar-refractivity contribution in [3.63, 3.8) is 0 Å². The second kappa shape index (κ2) is 9.43. The van der Waals surface area contributed by atoms with E-state index in [1.165, 1.54) is 0 Å². The van der Waals surface area contributed by atoms with E-state index in [-0.39, 0.29) is 25.5 Å². The second-order valence-corrected chi connectivity index (χ2v) is 7.36. The van der Waals surface area contributed by atoms with Crippen LogP contribution in [-0.2, 0) is 25.7 Å². The van der Waals surface area contributed by atoms with Crippen LogP contribution in [0.1, 0.15) is 23.1 Å². The number of carbonyl (C=O) groups is 3. The third-order valence-corrected chi connectivity index (χ3v) is 5.32. The smallest absolute Gasteiger partial charge is 0.311 e. The van der Waals surface area contributed by atoms with Crippen molar-refractivity contribution < 1.29 is 23.9 Å². The lowest BCUT2D eigenvalue weighted by atomic mass is 10.1. The van der Waals surface area contributed by atoms with Crippen LogP contribution in [0.5, 0.6) is 5.75 Å². The molecule has 0 saturated carbocycles. The number of benzene rings is 2. The molecule has 0 radical (unpaired) electrons. The van der Waals surface area contributed by atoms with Gasteiger partial charge in [0.2, 0.25) is 5.91 Å². The van der Waals surface area contributed by atoms with Gasteiger partial charge in [-0.1, -0.05) is 24.3 Å². The molecule has 0 bridgehead atoms. The number of nitrogens with zero attached hydrogens (tertiary/aromatic N) is 1. The highest BCUT2D eigenvalue weighted by atomic mass is 16.5. The number of methoxy groups -OCH3 is 1. The summed E-state index contributed by atoms with van der Waals surface area (Å²) in [6, 6.07) is 13.1. The van der Waals surface area contributed by atoms with Gasteiger partial charge in [-0.15, -0.1) is 0 Å². The topological polar surface area (TPSA) is 84.9 Å². The molecule has 1 N–H and O–H groups in total. The average molecular weight is 410 g/mol. The fourth-order valence-electron chi connectivity index (χ4n) is 3.38. The van der Waals surface area contributed by atoms with Crippen LogP contribution in [0.2, 0.25) is 0 Å². The largest absolute Gasteiger partial charge is 0.497 e. The molecule has 1 fully saturated rings. The lowest BCUT2D eigenvalue weighted by Gasteiger charge is -2.20. The van der Waals surface area contributed by atoms with Gasteiger partial charge in [-0.05, 0) is 48.7 Å². The molecule has 2 aromatic rings. The second-order valence-electron chi connectivity index (χ2n) is 7.36. The molecular weight excluding hydrogens is 384 g/mol. The fraction of sp³-hybridized carbons (Fsp3) is 0.348. The predicted molar refractivity (Wildman–Crippen MR) is 112 cm³/mol. The Morgan fingerprint density at radius 2 is 1.87 bits per heavy atom. The highest BCUT2D eigenvalue weighted by molar-refractivity contribution is 6.00. The molecule has 7 heteroatoms. The molecule has 30 heavy (non-hydrogen) atoms. The summed E-state index contributed by atoms with van der Waals surface area (Å²) in [6.45, 7) is 4.15. The van der Waals surface area contributed by atoms with Crippen LogP contribution < -0.4 is 15.0 Å². The first-order valence-electron chi connectivity index (χ1n) is 9.82. The Bertz CT molecular complexity index is 939. The first-order valence-corrected chi connectivity index (χ1v) is 9.82. The number of hydrogen-bond donors (Lipinski definition) is 1. The Balaban J connectivity index is 1.48. The van der Waals surface area contributed by atoms with Crippen LogP contribution in [0.3, 0.4) is 0 Å². The quantitative estimate of drug-likeness (QED) is 0.709.